The lowest BCUT2D eigenvalue weighted by Crippen LogP contribution is -2.36. The Morgan fingerprint density at radius 3 is 2.76 bits per heavy atom. The summed E-state index contributed by atoms with van der Waals surface area (Å²) in [4.78, 5) is 12.4. The molecular formula is C19H27N3O3. The standard InChI is InChI=1S/C19H27N3O3/c1-5-17-16(18(6-2)22(4)21-17)11-20-19(24)13(3)25-15-9-7-8-14(10-15)12-23/h7-10,13,23H,5-6,11-12H2,1-4H3,(H,20,24). The number of carbonyl (C=O) groups excluding carboxylic acids is 1. The molecule has 1 atom stereocenters. The number of aromatic nitrogens is 2. The number of ether oxygens (including phenoxy) is 1. The predicted molar refractivity (Wildman–Crippen MR) is 96.3 cm³/mol. The van der Waals surface area contributed by atoms with E-state index >= 15 is 0 Å². The molecule has 2 rings (SSSR count). The fourth-order valence-corrected chi connectivity index (χ4v) is 2.89. The molecule has 0 radical (unpaired) electrons. The van der Waals surface area contributed by atoms with Gasteiger partial charge in [-0.1, -0.05) is 26.0 Å². The van der Waals surface area contributed by atoms with E-state index in [9.17, 15) is 9.90 Å². The Bertz CT molecular complexity index is 725. The molecule has 1 aromatic carbocycles. The van der Waals surface area contributed by atoms with E-state index in [1.807, 2.05) is 11.7 Å². The molecule has 0 saturated carbocycles. The molecule has 1 heterocycles. The van der Waals surface area contributed by atoms with Crippen LogP contribution in [0.4, 0.5) is 0 Å². The van der Waals surface area contributed by atoms with E-state index in [4.69, 9.17) is 4.74 Å². The second-order valence-corrected chi connectivity index (χ2v) is 5.99. The van der Waals surface area contributed by atoms with Gasteiger partial charge < -0.3 is 15.2 Å². The van der Waals surface area contributed by atoms with Crippen LogP contribution in [-0.2, 0) is 37.8 Å². The van der Waals surface area contributed by atoms with Crippen molar-refractivity contribution < 1.29 is 14.6 Å². The Labute approximate surface area is 148 Å². The maximum atomic E-state index is 12.4. The predicted octanol–water partition coefficient (Wildman–Crippen LogP) is 2.12. The molecule has 2 aromatic rings. The van der Waals surface area contributed by atoms with Crippen molar-refractivity contribution in [3.8, 4) is 5.75 Å². The number of nitrogens with zero attached hydrogens (tertiary/aromatic N) is 2. The first-order valence-corrected chi connectivity index (χ1v) is 8.67. The fourth-order valence-electron chi connectivity index (χ4n) is 2.89. The van der Waals surface area contributed by atoms with Crippen LogP contribution in [0.5, 0.6) is 5.75 Å². The van der Waals surface area contributed by atoms with Crippen molar-refractivity contribution >= 4 is 5.91 Å². The highest BCUT2D eigenvalue weighted by Gasteiger charge is 2.18. The molecule has 1 unspecified atom stereocenters. The van der Waals surface area contributed by atoms with Crippen molar-refractivity contribution in [2.75, 3.05) is 0 Å². The number of hydrogen-bond acceptors (Lipinski definition) is 4. The minimum Gasteiger partial charge on any atom is -0.481 e. The Morgan fingerprint density at radius 1 is 1.36 bits per heavy atom. The van der Waals surface area contributed by atoms with Crippen LogP contribution in [0.15, 0.2) is 24.3 Å². The van der Waals surface area contributed by atoms with Gasteiger partial charge in [0.25, 0.3) is 5.91 Å². The Balaban J connectivity index is 2.00. The summed E-state index contributed by atoms with van der Waals surface area (Å²) in [5.41, 5.74) is 4.00. The van der Waals surface area contributed by atoms with Crippen LogP contribution < -0.4 is 10.1 Å². The molecule has 136 valence electrons. The largest absolute Gasteiger partial charge is 0.481 e. The molecule has 0 bridgehead atoms. The Morgan fingerprint density at radius 2 is 2.12 bits per heavy atom. The number of aliphatic hydroxyl groups excluding tert-OH is 1. The van der Waals surface area contributed by atoms with Crippen molar-refractivity contribution in [1.82, 2.24) is 15.1 Å². The molecule has 6 nitrogen and oxygen atoms in total. The highest BCUT2D eigenvalue weighted by Crippen LogP contribution is 2.17. The van der Waals surface area contributed by atoms with Crippen LogP contribution in [0.2, 0.25) is 0 Å². The molecule has 0 aliphatic carbocycles. The highest BCUT2D eigenvalue weighted by molar-refractivity contribution is 5.80. The minimum atomic E-state index is -0.624. The van der Waals surface area contributed by atoms with Crippen molar-refractivity contribution in [2.24, 2.45) is 7.05 Å². The van der Waals surface area contributed by atoms with Crippen LogP contribution in [0.3, 0.4) is 0 Å². The number of aryl methyl sites for hydroxylation is 2. The van der Waals surface area contributed by atoms with Crippen LogP contribution in [0, 0.1) is 0 Å². The summed E-state index contributed by atoms with van der Waals surface area (Å²) in [6, 6.07) is 7.10. The van der Waals surface area contributed by atoms with Gasteiger partial charge in [-0.05, 0) is 37.5 Å². The molecule has 1 aromatic heterocycles. The first-order chi connectivity index (χ1) is 12.0. The van der Waals surface area contributed by atoms with Crippen LogP contribution in [0.1, 0.15) is 43.3 Å². The maximum absolute atomic E-state index is 12.4. The summed E-state index contributed by atoms with van der Waals surface area (Å²) in [5, 5.41) is 16.6. The lowest BCUT2D eigenvalue weighted by Gasteiger charge is -2.15. The van der Waals surface area contributed by atoms with Gasteiger partial charge in [-0.2, -0.15) is 5.10 Å². The second-order valence-electron chi connectivity index (χ2n) is 5.99. The van der Waals surface area contributed by atoms with Crippen molar-refractivity contribution in [3.05, 3.63) is 46.8 Å². The zero-order valence-electron chi connectivity index (χ0n) is 15.4. The average molecular weight is 345 g/mol. The third-order valence-corrected chi connectivity index (χ3v) is 4.23. The number of benzene rings is 1. The van der Waals surface area contributed by atoms with Gasteiger partial charge in [-0.3, -0.25) is 9.48 Å². The van der Waals surface area contributed by atoms with E-state index in [1.165, 1.54) is 0 Å². The third-order valence-electron chi connectivity index (χ3n) is 4.23. The molecule has 2 N–H and O–H groups in total. The van der Waals surface area contributed by atoms with Gasteiger partial charge >= 0.3 is 0 Å². The van der Waals surface area contributed by atoms with Gasteiger partial charge in [-0.15, -0.1) is 0 Å². The Hall–Kier alpha value is -2.34. The molecule has 1 amide bonds. The number of carbonyl (C=O) groups is 1. The monoisotopic (exact) mass is 345 g/mol. The average Bonchev–Trinajstić information content (AvgIpc) is 2.94. The van der Waals surface area contributed by atoms with Crippen LogP contribution in [0.25, 0.3) is 0 Å². The molecule has 0 saturated heterocycles. The Kier molecular flexibility index (Phi) is 6.58. The SMILES string of the molecule is CCc1nn(C)c(CC)c1CNC(=O)C(C)Oc1cccc(CO)c1. The van der Waals surface area contributed by atoms with E-state index in [2.05, 4.69) is 24.3 Å². The molecule has 6 heteroatoms. The summed E-state index contributed by atoms with van der Waals surface area (Å²) in [6.45, 7) is 6.25. The first kappa shape index (κ1) is 19.0. The van der Waals surface area contributed by atoms with Gasteiger partial charge in [-0.25, -0.2) is 0 Å². The highest BCUT2D eigenvalue weighted by atomic mass is 16.5. The molecular weight excluding hydrogens is 318 g/mol. The summed E-state index contributed by atoms with van der Waals surface area (Å²) in [6.07, 6.45) is 1.08. The first-order valence-electron chi connectivity index (χ1n) is 8.67. The lowest BCUT2D eigenvalue weighted by molar-refractivity contribution is -0.127. The van der Waals surface area contributed by atoms with Gasteiger partial charge in [0.05, 0.1) is 12.3 Å². The number of amides is 1. The van der Waals surface area contributed by atoms with Crippen molar-refractivity contribution in [3.63, 3.8) is 0 Å². The van der Waals surface area contributed by atoms with Gasteiger partial charge in [0.15, 0.2) is 6.10 Å². The molecule has 0 spiro atoms. The van der Waals surface area contributed by atoms with Crippen LogP contribution >= 0.6 is 0 Å². The van der Waals surface area contributed by atoms with E-state index in [1.54, 1.807) is 31.2 Å². The van der Waals surface area contributed by atoms with E-state index in [0.29, 0.717) is 12.3 Å². The summed E-state index contributed by atoms with van der Waals surface area (Å²) in [7, 11) is 1.93. The van der Waals surface area contributed by atoms with Gasteiger partial charge in [0.1, 0.15) is 5.75 Å². The lowest BCUT2D eigenvalue weighted by atomic mass is 10.1. The summed E-state index contributed by atoms with van der Waals surface area (Å²) < 4.78 is 7.57. The molecule has 25 heavy (non-hydrogen) atoms. The molecule has 0 aliphatic rings. The normalized spacial score (nSPS) is 12.0. The quantitative estimate of drug-likeness (QED) is 0.768. The zero-order valence-corrected chi connectivity index (χ0v) is 15.4. The van der Waals surface area contributed by atoms with E-state index in [0.717, 1.165) is 35.4 Å². The van der Waals surface area contributed by atoms with Gasteiger partial charge in [0, 0.05) is 24.8 Å². The van der Waals surface area contributed by atoms with Gasteiger partial charge in [0.2, 0.25) is 0 Å². The van der Waals surface area contributed by atoms with Crippen molar-refractivity contribution in [2.45, 2.75) is 52.9 Å². The van der Waals surface area contributed by atoms with Crippen molar-refractivity contribution in [1.29, 1.82) is 0 Å². The van der Waals surface area contributed by atoms with Crippen LogP contribution in [-0.4, -0.2) is 26.9 Å². The summed E-state index contributed by atoms with van der Waals surface area (Å²) >= 11 is 0. The van der Waals surface area contributed by atoms with E-state index in [-0.39, 0.29) is 12.5 Å². The third kappa shape index (κ3) is 4.60. The number of aliphatic hydroxyl groups is 1. The molecule has 0 aliphatic heterocycles. The summed E-state index contributed by atoms with van der Waals surface area (Å²) in [5.74, 6) is 0.390. The molecule has 0 fully saturated rings. The zero-order chi connectivity index (χ0) is 18.4. The smallest absolute Gasteiger partial charge is 0.261 e. The second kappa shape index (κ2) is 8.67. The topological polar surface area (TPSA) is 76.4 Å². The minimum absolute atomic E-state index is 0.0572. The maximum Gasteiger partial charge on any atom is 0.261 e. The fraction of sp³-hybridized carbons (Fsp3) is 0.474. The number of hydrogen-bond donors (Lipinski definition) is 2. The number of rotatable bonds is 8. The van der Waals surface area contributed by atoms with E-state index < -0.39 is 6.10 Å². The number of nitrogens with one attached hydrogen (secondary N) is 1.